The molecule has 9 nitrogen and oxygen atoms in total. The van der Waals surface area contributed by atoms with E-state index in [2.05, 4.69) is 31.7 Å². The molecule has 0 aromatic carbocycles. The largest absolute Gasteiger partial charge is 0.472 e. The van der Waals surface area contributed by atoms with Gasteiger partial charge < -0.3 is 19.8 Å². The molecule has 0 bridgehead atoms. The molecule has 9 heteroatoms. The topological polar surface area (TPSA) is 112 Å². The van der Waals surface area contributed by atoms with Gasteiger partial charge in [0.05, 0.1) is 12.6 Å². The Labute approximate surface area is 194 Å². The minimum atomic E-state index is -0.791. The molecule has 0 radical (unpaired) electrons. The van der Waals surface area contributed by atoms with Crippen LogP contribution in [0.15, 0.2) is 31.0 Å². The van der Waals surface area contributed by atoms with Gasteiger partial charge in [0.2, 0.25) is 5.88 Å². The molecule has 3 heterocycles. The molecule has 4 atom stereocenters. The highest BCUT2D eigenvalue weighted by molar-refractivity contribution is 5.97. The molecule has 2 aromatic heterocycles. The lowest BCUT2D eigenvalue weighted by molar-refractivity contribution is 0.0325. The third-order valence-corrected chi connectivity index (χ3v) is 5.50. The fourth-order valence-electron chi connectivity index (χ4n) is 3.67. The Hall–Kier alpha value is -3.06. The maximum absolute atomic E-state index is 13.4. The monoisotopic (exact) mass is 453 g/mol. The maximum atomic E-state index is 13.4. The Morgan fingerprint density at radius 3 is 2.70 bits per heavy atom. The van der Waals surface area contributed by atoms with Crippen molar-refractivity contribution in [2.45, 2.75) is 45.6 Å². The van der Waals surface area contributed by atoms with Gasteiger partial charge in [-0.3, -0.25) is 9.69 Å². The van der Waals surface area contributed by atoms with Gasteiger partial charge >= 0.3 is 0 Å². The van der Waals surface area contributed by atoms with Crippen molar-refractivity contribution in [2.75, 3.05) is 26.7 Å². The van der Waals surface area contributed by atoms with Gasteiger partial charge in [0.25, 0.3) is 5.91 Å². The Balaban J connectivity index is 1.91. The van der Waals surface area contributed by atoms with E-state index in [1.807, 2.05) is 20.9 Å². The first-order chi connectivity index (χ1) is 15.8. The summed E-state index contributed by atoms with van der Waals surface area (Å²) in [5, 5.41) is 19.2. The van der Waals surface area contributed by atoms with Crippen molar-refractivity contribution < 1.29 is 19.7 Å². The number of hydrogen-bond donors (Lipinski definition) is 2. The highest BCUT2D eigenvalue weighted by atomic mass is 16.5. The van der Waals surface area contributed by atoms with E-state index in [0.717, 1.165) is 5.56 Å². The van der Waals surface area contributed by atoms with Crippen LogP contribution < -0.4 is 4.74 Å². The highest BCUT2D eigenvalue weighted by Crippen LogP contribution is 2.27. The molecular weight excluding hydrogens is 422 g/mol. The molecule has 0 unspecified atom stereocenters. The van der Waals surface area contributed by atoms with Gasteiger partial charge in [-0.1, -0.05) is 18.8 Å². The molecule has 0 fully saturated rings. The van der Waals surface area contributed by atoms with Crippen LogP contribution >= 0.6 is 0 Å². The van der Waals surface area contributed by atoms with E-state index in [4.69, 9.17) is 4.74 Å². The summed E-state index contributed by atoms with van der Waals surface area (Å²) >= 11 is 0. The minimum absolute atomic E-state index is 0.0120. The van der Waals surface area contributed by atoms with Gasteiger partial charge in [-0.2, -0.15) is 0 Å². The number of fused-ring (bicyclic) bond motifs is 1. The smallest absolute Gasteiger partial charge is 0.259 e. The summed E-state index contributed by atoms with van der Waals surface area (Å²) in [4.78, 5) is 29.7. The first kappa shape index (κ1) is 24.6. The molecule has 0 aliphatic carbocycles. The number of amides is 1. The van der Waals surface area contributed by atoms with Crippen molar-refractivity contribution in [2.24, 2.45) is 5.92 Å². The fourth-order valence-corrected chi connectivity index (χ4v) is 3.67. The lowest BCUT2D eigenvalue weighted by atomic mass is 9.99. The van der Waals surface area contributed by atoms with Gasteiger partial charge in [-0.25, -0.2) is 15.0 Å². The zero-order valence-electron chi connectivity index (χ0n) is 19.5. The number of pyridine rings is 1. The van der Waals surface area contributed by atoms with E-state index in [1.165, 1.54) is 12.5 Å². The van der Waals surface area contributed by atoms with Crippen LogP contribution in [0.4, 0.5) is 0 Å². The second-order valence-corrected chi connectivity index (χ2v) is 8.59. The normalized spacial score (nSPS) is 20.1. The molecule has 0 saturated carbocycles. The number of carbonyl (C=O) groups excluding carboxylic acids is 1. The van der Waals surface area contributed by atoms with Crippen molar-refractivity contribution in [3.8, 4) is 17.7 Å². The first-order valence-corrected chi connectivity index (χ1v) is 11.0. The Kier molecular flexibility index (Phi) is 8.33. The van der Waals surface area contributed by atoms with Crippen LogP contribution in [-0.2, 0) is 6.54 Å². The number of ether oxygens (including phenoxy) is 1. The predicted molar refractivity (Wildman–Crippen MR) is 122 cm³/mol. The number of nitrogens with zero attached hydrogens (tertiary/aromatic N) is 5. The van der Waals surface area contributed by atoms with Crippen molar-refractivity contribution in [3.05, 3.63) is 47.7 Å². The zero-order valence-corrected chi connectivity index (χ0v) is 19.5. The highest BCUT2D eigenvalue weighted by Gasteiger charge is 2.34. The molecule has 33 heavy (non-hydrogen) atoms. The van der Waals surface area contributed by atoms with Gasteiger partial charge in [-0.15, -0.1) is 0 Å². The van der Waals surface area contributed by atoms with Gasteiger partial charge in [-0.05, 0) is 27.0 Å². The Morgan fingerprint density at radius 2 is 2.03 bits per heavy atom. The van der Waals surface area contributed by atoms with Crippen molar-refractivity contribution in [1.29, 1.82) is 0 Å². The Morgan fingerprint density at radius 1 is 1.30 bits per heavy atom. The molecule has 0 saturated heterocycles. The predicted octanol–water partition coefficient (Wildman–Crippen LogP) is 0.956. The molecule has 2 aromatic rings. The molecule has 1 amide bonds. The summed E-state index contributed by atoms with van der Waals surface area (Å²) in [6.45, 7) is 6.93. The fraction of sp³-hybridized carbons (Fsp3) is 0.500. The van der Waals surface area contributed by atoms with Crippen LogP contribution in [0.1, 0.15) is 42.3 Å². The van der Waals surface area contributed by atoms with Crippen LogP contribution in [0.2, 0.25) is 0 Å². The first-order valence-electron chi connectivity index (χ1n) is 11.0. The average Bonchev–Trinajstić information content (AvgIpc) is 2.80. The van der Waals surface area contributed by atoms with E-state index in [0.29, 0.717) is 30.8 Å². The number of likely N-dealkylation sites (N-methyl/N-ethyl adjacent to an activating group) is 1. The molecular formula is C24H31N5O4. The molecule has 1 aliphatic heterocycles. The maximum Gasteiger partial charge on any atom is 0.259 e. The van der Waals surface area contributed by atoms with Crippen LogP contribution in [0.3, 0.4) is 0 Å². The molecule has 2 N–H and O–H groups in total. The van der Waals surface area contributed by atoms with Gasteiger partial charge in [0, 0.05) is 55.3 Å². The van der Waals surface area contributed by atoms with Gasteiger partial charge in [0.1, 0.15) is 24.1 Å². The summed E-state index contributed by atoms with van der Waals surface area (Å²) in [6, 6.07) is 1.27. The number of hydrogen-bond acceptors (Lipinski definition) is 8. The molecule has 1 aliphatic rings. The van der Waals surface area contributed by atoms with Crippen molar-refractivity contribution in [1.82, 2.24) is 24.8 Å². The second kappa shape index (κ2) is 11.2. The van der Waals surface area contributed by atoms with Crippen LogP contribution in [0, 0.1) is 17.8 Å². The van der Waals surface area contributed by atoms with Crippen LogP contribution in [-0.4, -0.2) is 85.9 Å². The summed E-state index contributed by atoms with van der Waals surface area (Å²) < 4.78 is 6.28. The minimum Gasteiger partial charge on any atom is -0.472 e. The molecule has 176 valence electrons. The quantitative estimate of drug-likeness (QED) is 0.622. The van der Waals surface area contributed by atoms with E-state index in [9.17, 15) is 15.0 Å². The van der Waals surface area contributed by atoms with E-state index >= 15 is 0 Å². The lowest BCUT2D eigenvalue weighted by Gasteiger charge is -2.37. The third kappa shape index (κ3) is 6.48. The SMILES string of the molecule is C[C@@H](O)C#Cc1cnc2c(c1)C(=O)N([C@@H](C)CO)C[C@H](C)[C@@H](CN(C)Cc1cncnc1)O2. The number of aliphatic hydroxyl groups is 2. The summed E-state index contributed by atoms with van der Waals surface area (Å²) in [5.74, 6) is 5.46. The number of aliphatic hydroxyl groups excluding tert-OH is 2. The zero-order chi connectivity index (χ0) is 24.0. The average molecular weight is 454 g/mol. The molecule has 3 rings (SSSR count). The van der Waals surface area contributed by atoms with Crippen molar-refractivity contribution >= 4 is 5.91 Å². The van der Waals surface area contributed by atoms with Gasteiger partial charge in [0.15, 0.2) is 0 Å². The van der Waals surface area contributed by atoms with E-state index in [1.54, 1.807) is 30.3 Å². The second-order valence-electron chi connectivity index (χ2n) is 8.59. The van der Waals surface area contributed by atoms with Crippen molar-refractivity contribution in [3.63, 3.8) is 0 Å². The summed E-state index contributed by atoms with van der Waals surface area (Å²) in [5.41, 5.74) is 1.79. The molecule has 0 spiro atoms. The lowest BCUT2D eigenvalue weighted by Crippen LogP contribution is -2.49. The van der Waals surface area contributed by atoms with Crippen LogP contribution in [0.25, 0.3) is 0 Å². The standard InChI is InChI=1S/C24H31N5O4/c1-16-11-29(17(2)14-30)24(32)21-7-19(6-5-18(3)31)10-27-23(21)33-22(16)13-28(4)12-20-8-25-15-26-9-20/h7-10,15-18,22,30-31H,11-14H2,1-4H3/t16-,17-,18+,22+/m0/s1. The summed E-state index contributed by atoms with van der Waals surface area (Å²) in [7, 11) is 1.99. The third-order valence-electron chi connectivity index (χ3n) is 5.50. The number of carbonyl (C=O) groups is 1. The van der Waals surface area contributed by atoms with E-state index < -0.39 is 6.10 Å². The Bertz CT molecular complexity index is 1000. The summed E-state index contributed by atoms with van der Waals surface area (Å²) in [6.07, 6.45) is 5.56. The van der Waals surface area contributed by atoms with Crippen LogP contribution in [0.5, 0.6) is 5.88 Å². The number of aromatic nitrogens is 3. The number of rotatable bonds is 6. The van der Waals surface area contributed by atoms with E-state index in [-0.39, 0.29) is 36.5 Å².